The molecule has 0 radical (unpaired) electrons. The highest BCUT2D eigenvalue weighted by molar-refractivity contribution is 5.88. The molecule has 0 amide bonds. The predicted octanol–water partition coefficient (Wildman–Crippen LogP) is 11.8. The summed E-state index contributed by atoms with van der Waals surface area (Å²) in [5, 5.41) is 1.13. The van der Waals surface area contributed by atoms with E-state index in [1.54, 1.807) is 0 Å². The fourth-order valence-electron chi connectivity index (χ4n) is 7.78. The van der Waals surface area contributed by atoms with Crippen LogP contribution in [0.15, 0.2) is 176 Å². The number of nitrogens with zero attached hydrogens (tertiary/aromatic N) is 1. The van der Waals surface area contributed by atoms with Crippen LogP contribution in [0.1, 0.15) is 22.3 Å². The lowest BCUT2D eigenvalue weighted by molar-refractivity contribution is 0.359. The van der Waals surface area contributed by atoms with Crippen molar-refractivity contribution in [1.82, 2.24) is 4.98 Å². The van der Waals surface area contributed by atoms with Crippen molar-refractivity contribution >= 4 is 10.9 Å². The van der Waals surface area contributed by atoms with Gasteiger partial charge in [-0.1, -0.05) is 133 Å². The molecule has 3 heteroatoms. The molecule has 0 bridgehead atoms. The minimum Gasteiger partial charge on any atom is -0.450 e. The number of hydrogen-bond acceptors (Lipinski definition) is 3. The Balaban J connectivity index is 1.06. The molecule has 0 saturated carbocycles. The lowest BCUT2D eigenvalue weighted by Gasteiger charge is -2.34. The topological polar surface area (TPSA) is 31.4 Å². The number of benzene rings is 7. The third-order valence-corrected chi connectivity index (χ3v) is 10.00. The summed E-state index contributed by atoms with van der Waals surface area (Å²) in [6, 6.07) is 61.8. The van der Waals surface area contributed by atoms with Crippen molar-refractivity contribution in [2.75, 3.05) is 0 Å². The van der Waals surface area contributed by atoms with E-state index in [1.165, 1.54) is 27.8 Å². The molecule has 0 N–H and O–H groups in total. The van der Waals surface area contributed by atoms with Crippen molar-refractivity contribution in [3.63, 3.8) is 0 Å². The highest BCUT2D eigenvalue weighted by atomic mass is 16.6. The van der Waals surface area contributed by atoms with E-state index in [0.717, 1.165) is 38.9 Å². The number of ether oxygens (including phenoxy) is 2. The predicted molar refractivity (Wildman–Crippen MR) is 197 cm³/mol. The highest BCUT2D eigenvalue weighted by Crippen LogP contribution is 2.59. The Labute approximate surface area is 284 Å². The highest BCUT2D eigenvalue weighted by Gasteiger charge is 2.47. The second kappa shape index (κ2) is 10.8. The lowest BCUT2D eigenvalue weighted by atomic mass is 9.67. The standard InChI is InChI=1S/C46H29NO2/c1-3-15-34(16-4-1)46(35-17-5-2-6-18-35)38-20-9-8-19-36(38)37-28-44-45(29-39(37)46)48-42-25-23-32(27-43(42)49-44)31-13-11-14-33(26-31)41-24-22-30-12-7-10-21-40(30)47-41/h1-29H. The maximum Gasteiger partial charge on any atom is 0.170 e. The van der Waals surface area contributed by atoms with E-state index in [1.807, 2.05) is 18.2 Å². The van der Waals surface area contributed by atoms with Crippen LogP contribution < -0.4 is 9.47 Å². The van der Waals surface area contributed by atoms with E-state index in [4.69, 9.17) is 14.5 Å². The molecule has 1 aliphatic heterocycles. The summed E-state index contributed by atoms with van der Waals surface area (Å²) in [6.07, 6.45) is 0. The SMILES string of the molecule is c1ccc(C2(c3ccccc3)c3ccccc3-c3cc4c(cc32)Oc2ccc(-c3cccc(-c5ccc6ccccc6n5)c3)cc2O4)cc1. The van der Waals surface area contributed by atoms with E-state index in [2.05, 4.69) is 158 Å². The van der Waals surface area contributed by atoms with Gasteiger partial charge in [-0.25, -0.2) is 4.98 Å². The van der Waals surface area contributed by atoms with Gasteiger partial charge < -0.3 is 9.47 Å². The summed E-state index contributed by atoms with van der Waals surface area (Å²) in [4.78, 5) is 4.92. The molecule has 0 unspecified atom stereocenters. The van der Waals surface area contributed by atoms with Crippen LogP contribution in [0.5, 0.6) is 23.0 Å². The van der Waals surface area contributed by atoms with Crippen LogP contribution in [0.2, 0.25) is 0 Å². The molecule has 0 fully saturated rings. The van der Waals surface area contributed by atoms with Gasteiger partial charge in [0, 0.05) is 10.9 Å². The molecule has 8 aromatic rings. The first-order chi connectivity index (χ1) is 24.3. The summed E-state index contributed by atoms with van der Waals surface area (Å²) in [5.41, 5.74) is 11.9. The minimum atomic E-state index is -0.498. The van der Waals surface area contributed by atoms with Crippen LogP contribution in [-0.4, -0.2) is 4.98 Å². The number of para-hydroxylation sites is 1. The molecule has 7 aromatic carbocycles. The van der Waals surface area contributed by atoms with Crippen LogP contribution in [0.3, 0.4) is 0 Å². The van der Waals surface area contributed by atoms with Gasteiger partial charge in [-0.05, 0) is 87.0 Å². The van der Waals surface area contributed by atoms with E-state index in [9.17, 15) is 0 Å². The smallest absolute Gasteiger partial charge is 0.170 e. The van der Waals surface area contributed by atoms with Gasteiger partial charge in [-0.15, -0.1) is 0 Å². The van der Waals surface area contributed by atoms with Crippen molar-refractivity contribution in [3.8, 4) is 56.5 Å². The first kappa shape index (κ1) is 27.6. The van der Waals surface area contributed by atoms with E-state index >= 15 is 0 Å². The number of rotatable bonds is 4. The van der Waals surface area contributed by atoms with E-state index in [0.29, 0.717) is 23.0 Å². The van der Waals surface area contributed by atoms with Gasteiger partial charge in [0.1, 0.15) is 0 Å². The summed E-state index contributed by atoms with van der Waals surface area (Å²) in [7, 11) is 0. The Hall–Kier alpha value is -6.45. The summed E-state index contributed by atoms with van der Waals surface area (Å²) >= 11 is 0. The third-order valence-electron chi connectivity index (χ3n) is 10.00. The molecule has 0 saturated heterocycles. The van der Waals surface area contributed by atoms with Crippen molar-refractivity contribution in [1.29, 1.82) is 0 Å². The van der Waals surface area contributed by atoms with Crippen molar-refractivity contribution in [2.45, 2.75) is 5.41 Å². The molecule has 10 rings (SSSR count). The molecule has 2 aliphatic rings. The molecule has 0 spiro atoms. The monoisotopic (exact) mass is 627 g/mol. The van der Waals surface area contributed by atoms with Crippen molar-refractivity contribution < 1.29 is 9.47 Å². The molecule has 0 atom stereocenters. The molecule has 1 aliphatic carbocycles. The number of pyridine rings is 1. The summed E-state index contributed by atoms with van der Waals surface area (Å²) in [6.45, 7) is 0. The lowest BCUT2D eigenvalue weighted by Crippen LogP contribution is -2.28. The minimum absolute atomic E-state index is 0.498. The summed E-state index contributed by atoms with van der Waals surface area (Å²) < 4.78 is 13.3. The Bertz CT molecular complexity index is 2520. The van der Waals surface area contributed by atoms with E-state index in [-0.39, 0.29) is 0 Å². The molecule has 2 heterocycles. The zero-order chi connectivity index (χ0) is 32.4. The molecule has 49 heavy (non-hydrogen) atoms. The van der Waals surface area contributed by atoms with Crippen LogP contribution in [0, 0.1) is 0 Å². The second-order valence-electron chi connectivity index (χ2n) is 12.7. The van der Waals surface area contributed by atoms with Gasteiger partial charge >= 0.3 is 0 Å². The normalized spacial score (nSPS) is 13.4. The van der Waals surface area contributed by atoms with E-state index < -0.39 is 5.41 Å². The Morgan fingerprint density at radius 3 is 1.88 bits per heavy atom. The van der Waals surface area contributed by atoms with Gasteiger partial charge in [0.05, 0.1) is 16.6 Å². The third kappa shape index (κ3) is 4.26. The fraction of sp³-hybridized carbons (Fsp3) is 0.0217. The largest absolute Gasteiger partial charge is 0.450 e. The van der Waals surface area contributed by atoms with Gasteiger partial charge in [0.2, 0.25) is 0 Å². The maximum absolute atomic E-state index is 6.69. The van der Waals surface area contributed by atoms with Gasteiger partial charge in [0.25, 0.3) is 0 Å². The quantitative estimate of drug-likeness (QED) is 0.195. The second-order valence-corrected chi connectivity index (χ2v) is 12.7. The average molecular weight is 628 g/mol. The number of hydrogen-bond donors (Lipinski definition) is 0. The van der Waals surface area contributed by atoms with Crippen LogP contribution in [0.4, 0.5) is 0 Å². The fourth-order valence-corrected chi connectivity index (χ4v) is 7.78. The molecule has 230 valence electrons. The molecule has 1 aromatic heterocycles. The first-order valence-corrected chi connectivity index (χ1v) is 16.6. The van der Waals surface area contributed by atoms with Crippen LogP contribution >= 0.6 is 0 Å². The Kier molecular flexibility index (Phi) is 6.09. The van der Waals surface area contributed by atoms with Crippen molar-refractivity contribution in [2.24, 2.45) is 0 Å². The number of aromatic nitrogens is 1. The van der Waals surface area contributed by atoms with Gasteiger partial charge in [0.15, 0.2) is 23.0 Å². The Morgan fingerprint density at radius 1 is 0.388 bits per heavy atom. The summed E-state index contributed by atoms with van der Waals surface area (Å²) in [5.74, 6) is 2.82. The average Bonchev–Trinajstić information content (AvgIpc) is 3.46. The zero-order valence-electron chi connectivity index (χ0n) is 26.5. The molecular weight excluding hydrogens is 599 g/mol. The Morgan fingerprint density at radius 2 is 1.04 bits per heavy atom. The first-order valence-electron chi connectivity index (χ1n) is 16.6. The molecular formula is C46H29NO2. The zero-order valence-corrected chi connectivity index (χ0v) is 26.5. The van der Waals surface area contributed by atoms with Gasteiger partial charge in [-0.2, -0.15) is 0 Å². The maximum atomic E-state index is 6.69. The number of fused-ring (bicyclic) bond motifs is 6. The van der Waals surface area contributed by atoms with Crippen molar-refractivity contribution in [3.05, 3.63) is 198 Å². The molecule has 3 nitrogen and oxygen atoms in total. The van der Waals surface area contributed by atoms with Gasteiger partial charge in [-0.3, -0.25) is 0 Å². The van der Waals surface area contributed by atoms with Crippen LogP contribution in [-0.2, 0) is 5.41 Å². The van der Waals surface area contributed by atoms with Crippen LogP contribution in [0.25, 0.3) is 44.4 Å².